The standard InChI is InChI=1S/C16H23NO3/c1-3-20-14-7-5-13(6-8-14)11-15(18)17-10-4-9-16(2,19)12-17/h5-8,19H,3-4,9-12H2,1-2H3. The highest BCUT2D eigenvalue weighted by molar-refractivity contribution is 5.79. The fourth-order valence-corrected chi connectivity index (χ4v) is 2.59. The molecule has 0 saturated carbocycles. The van der Waals surface area contributed by atoms with Gasteiger partial charge < -0.3 is 14.7 Å². The molecular weight excluding hydrogens is 254 g/mol. The molecule has 1 aliphatic heterocycles. The first-order valence-corrected chi connectivity index (χ1v) is 7.22. The Morgan fingerprint density at radius 2 is 2.10 bits per heavy atom. The van der Waals surface area contributed by atoms with Crippen LogP contribution in [-0.2, 0) is 11.2 Å². The van der Waals surface area contributed by atoms with Crippen LogP contribution in [0.3, 0.4) is 0 Å². The van der Waals surface area contributed by atoms with Crippen molar-refractivity contribution < 1.29 is 14.6 Å². The minimum atomic E-state index is -0.743. The van der Waals surface area contributed by atoms with Gasteiger partial charge >= 0.3 is 0 Å². The molecule has 4 heteroatoms. The highest BCUT2D eigenvalue weighted by atomic mass is 16.5. The molecular formula is C16H23NO3. The van der Waals surface area contributed by atoms with E-state index in [2.05, 4.69) is 0 Å². The van der Waals surface area contributed by atoms with Gasteiger partial charge in [0.1, 0.15) is 5.75 Å². The van der Waals surface area contributed by atoms with Gasteiger partial charge in [-0.1, -0.05) is 12.1 Å². The van der Waals surface area contributed by atoms with E-state index in [0.717, 1.165) is 30.7 Å². The van der Waals surface area contributed by atoms with Crippen LogP contribution in [0, 0.1) is 0 Å². The van der Waals surface area contributed by atoms with E-state index in [0.29, 0.717) is 19.6 Å². The van der Waals surface area contributed by atoms with Gasteiger partial charge in [-0.2, -0.15) is 0 Å². The van der Waals surface area contributed by atoms with E-state index < -0.39 is 5.60 Å². The minimum Gasteiger partial charge on any atom is -0.494 e. The molecule has 0 aromatic heterocycles. The predicted molar refractivity (Wildman–Crippen MR) is 77.8 cm³/mol. The number of carbonyl (C=O) groups excluding carboxylic acids is 1. The summed E-state index contributed by atoms with van der Waals surface area (Å²) in [5, 5.41) is 10.0. The number of nitrogens with zero attached hydrogens (tertiary/aromatic N) is 1. The zero-order chi connectivity index (χ0) is 14.6. The molecule has 110 valence electrons. The number of aliphatic hydroxyl groups is 1. The summed E-state index contributed by atoms with van der Waals surface area (Å²) in [5.74, 6) is 0.902. The number of hydrogen-bond acceptors (Lipinski definition) is 3. The van der Waals surface area contributed by atoms with Crippen molar-refractivity contribution in [2.24, 2.45) is 0 Å². The Bertz CT molecular complexity index is 453. The molecule has 1 N–H and O–H groups in total. The Balaban J connectivity index is 1.93. The monoisotopic (exact) mass is 277 g/mol. The van der Waals surface area contributed by atoms with Gasteiger partial charge in [-0.05, 0) is 44.4 Å². The van der Waals surface area contributed by atoms with Gasteiger partial charge in [0.15, 0.2) is 0 Å². The van der Waals surface area contributed by atoms with Gasteiger partial charge in [-0.15, -0.1) is 0 Å². The fourth-order valence-electron chi connectivity index (χ4n) is 2.59. The summed E-state index contributed by atoms with van der Waals surface area (Å²) in [6.07, 6.45) is 2.00. The molecule has 1 aromatic carbocycles. The van der Waals surface area contributed by atoms with Crippen molar-refractivity contribution in [3.8, 4) is 5.75 Å². The van der Waals surface area contributed by atoms with Gasteiger partial charge in [0.05, 0.1) is 18.6 Å². The molecule has 2 rings (SSSR count). The third-order valence-electron chi connectivity index (χ3n) is 3.62. The number of rotatable bonds is 4. The van der Waals surface area contributed by atoms with Crippen molar-refractivity contribution in [1.82, 2.24) is 4.90 Å². The molecule has 0 aliphatic carbocycles. The lowest BCUT2D eigenvalue weighted by Crippen LogP contribution is -2.49. The number of amides is 1. The van der Waals surface area contributed by atoms with Crippen LogP contribution in [0.25, 0.3) is 0 Å². The second-order valence-corrected chi connectivity index (χ2v) is 5.67. The smallest absolute Gasteiger partial charge is 0.227 e. The molecule has 1 amide bonds. The zero-order valence-electron chi connectivity index (χ0n) is 12.3. The van der Waals surface area contributed by atoms with Crippen LogP contribution >= 0.6 is 0 Å². The summed E-state index contributed by atoms with van der Waals surface area (Å²) in [6.45, 7) is 5.55. The largest absolute Gasteiger partial charge is 0.494 e. The van der Waals surface area contributed by atoms with Crippen molar-refractivity contribution in [2.75, 3.05) is 19.7 Å². The van der Waals surface area contributed by atoms with Crippen LogP contribution in [0.15, 0.2) is 24.3 Å². The maximum atomic E-state index is 12.2. The maximum Gasteiger partial charge on any atom is 0.227 e. The van der Waals surface area contributed by atoms with E-state index in [-0.39, 0.29) is 5.91 Å². The summed E-state index contributed by atoms with van der Waals surface area (Å²) in [6, 6.07) is 7.62. The third kappa shape index (κ3) is 3.97. The number of ether oxygens (including phenoxy) is 1. The van der Waals surface area contributed by atoms with Crippen LogP contribution in [-0.4, -0.2) is 41.2 Å². The third-order valence-corrected chi connectivity index (χ3v) is 3.62. The fraction of sp³-hybridized carbons (Fsp3) is 0.562. The Kier molecular flexibility index (Phi) is 4.65. The molecule has 20 heavy (non-hydrogen) atoms. The molecule has 0 bridgehead atoms. The Labute approximate surface area is 120 Å². The summed E-state index contributed by atoms with van der Waals surface area (Å²) in [7, 11) is 0. The first-order valence-electron chi connectivity index (χ1n) is 7.22. The van der Waals surface area contributed by atoms with Crippen LogP contribution < -0.4 is 4.74 Å². The summed E-state index contributed by atoms with van der Waals surface area (Å²) in [4.78, 5) is 14.0. The van der Waals surface area contributed by atoms with Gasteiger partial charge in [0.25, 0.3) is 0 Å². The lowest BCUT2D eigenvalue weighted by Gasteiger charge is -2.36. The Morgan fingerprint density at radius 3 is 2.70 bits per heavy atom. The number of likely N-dealkylation sites (tertiary alicyclic amines) is 1. The topological polar surface area (TPSA) is 49.8 Å². The summed E-state index contributed by atoms with van der Waals surface area (Å²) in [5.41, 5.74) is 0.232. The first-order chi connectivity index (χ1) is 9.50. The molecule has 0 spiro atoms. The van der Waals surface area contributed by atoms with E-state index >= 15 is 0 Å². The van der Waals surface area contributed by atoms with Crippen molar-refractivity contribution in [1.29, 1.82) is 0 Å². The Hall–Kier alpha value is -1.55. The van der Waals surface area contributed by atoms with Gasteiger partial charge in [-0.3, -0.25) is 4.79 Å². The SMILES string of the molecule is CCOc1ccc(CC(=O)N2CCCC(C)(O)C2)cc1. The van der Waals surface area contributed by atoms with Crippen LogP contribution in [0.5, 0.6) is 5.75 Å². The van der Waals surface area contributed by atoms with Crippen LogP contribution in [0.4, 0.5) is 0 Å². The molecule has 0 radical (unpaired) electrons. The maximum absolute atomic E-state index is 12.2. The van der Waals surface area contributed by atoms with E-state index in [1.54, 1.807) is 11.8 Å². The Morgan fingerprint density at radius 1 is 1.40 bits per heavy atom. The predicted octanol–water partition coefficient (Wildman–Crippen LogP) is 2.00. The van der Waals surface area contributed by atoms with Gasteiger partial charge in [0.2, 0.25) is 5.91 Å². The van der Waals surface area contributed by atoms with Crippen molar-refractivity contribution in [3.63, 3.8) is 0 Å². The first kappa shape index (κ1) is 14.9. The number of β-amino-alcohol motifs (C(OH)–C–C–N with tert-alkyl or cyclic N) is 1. The summed E-state index contributed by atoms with van der Waals surface area (Å²) >= 11 is 0. The number of benzene rings is 1. The molecule has 1 aliphatic rings. The zero-order valence-corrected chi connectivity index (χ0v) is 12.3. The van der Waals surface area contributed by atoms with Crippen LogP contribution in [0.2, 0.25) is 0 Å². The number of piperidine rings is 1. The molecule has 1 heterocycles. The summed E-state index contributed by atoms with van der Waals surface area (Å²) < 4.78 is 5.38. The average Bonchev–Trinajstić information content (AvgIpc) is 2.40. The van der Waals surface area contributed by atoms with Crippen LogP contribution in [0.1, 0.15) is 32.3 Å². The van der Waals surface area contributed by atoms with Crippen molar-refractivity contribution >= 4 is 5.91 Å². The minimum absolute atomic E-state index is 0.0779. The van der Waals surface area contributed by atoms with E-state index in [1.165, 1.54) is 0 Å². The molecule has 4 nitrogen and oxygen atoms in total. The highest BCUT2D eigenvalue weighted by Gasteiger charge is 2.30. The van der Waals surface area contributed by atoms with Gasteiger partial charge in [-0.25, -0.2) is 0 Å². The number of hydrogen-bond donors (Lipinski definition) is 1. The molecule has 1 fully saturated rings. The van der Waals surface area contributed by atoms with E-state index in [9.17, 15) is 9.90 Å². The quantitative estimate of drug-likeness (QED) is 0.916. The molecule has 1 atom stereocenters. The second kappa shape index (κ2) is 6.27. The highest BCUT2D eigenvalue weighted by Crippen LogP contribution is 2.21. The number of carbonyl (C=O) groups is 1. The van der Waals surface area contributed by atoms with Gasteiger partial charge in [0, 0.05) is 13.1 Å². The normalized spacial score (nSPS) is 22.6. The van der Waals surface area contributed by atoms with Crippen molar-refractivity contribution in [3.05, 3.63) is 29.8 Å². The molecule has 1 aromatic rings. The second-order valence-electron chi connectivity index (χ2n) is 5.67. The lowest BCUT2D eigenvalue weighted by atomic mass is 9.95. The molecule has 1 unspecified atom stereocenters. The van der Waals surface area contributed by atoms with E-state index in [1.807, 2.05) is 31.2 Å². The van der Waals surface area contributed by atoms with Crippen molar-refractivity contribution in [2.45, 2.75) is 38.7 Å². The molecule has 1 saturated heterocycles. The lowest BCUT2D eigenvalue weighted by molar-refractivity contribution is -0.136. The van der Waals surface area contributed by atoms with E-state index in [4.69, 9.17) is 4.74 Å². The average molecular weight is 277 g/mol.